The molecule has 5 nitrogen and oxygen atoms in total. The summed E-state index contributed by atoms with van der Waals surface area (Å²) in [6.45, 7) is 13.5. The van der Waals surface area contributed by atoms with E-state index in [9.17, 15) is 0 Å². The first kappa shape index (κ1) is 45.4. The Bertz CT molecular complexity index is 3260. The number of para-hydroxylation sites is 4. The van der Waals surface area contributed by atoms with Gasteiger partial charge in [-0.05, 0) is 22.1 Å². The molecule has 8 aromatic carbocycles. The molecule has 0 aliphatic carbocycles. The van der Waals surface area contributed by atoms with Crippen molar-refractivity contribution in [3.8, 4) is 33.8 Å². The van der Waals surface area contributed by atoms with E-state index in [1.54, 1.807) is 0 Å². The maximum Gasteiger partial charge on any atom is 0 e. The Morgan fingerprint density at radius 2 is 1.13 bits per heavy atom. The molecular weight excluding hydrogens is 1130 g/mol. The quantitative estimate of drug-likeness (QED) is 0.106. The standard InChI is InChI=1S/C61H49N4OTe.Pt/c1-60(2,3)44-32-30-43(31-33-44)51-25-17-24-50(42-18-8-6-9-19-42)59(51)64-41-63(52-26-12-13-27-53(52)64)47-22-16-23-48(39-47)66-49-34-35-57-55(40-49)65(54-28-14-15-29-56(54)67-57)58-38-46(36-37-62-58)61(4,5)45-20-10-7-11-21-45;/h6-38,41H,1-5H3;/q-3;. The van der Waals surface area contributed by atoms with Crippen LogP contribution in [0.5, 0.6) is 11.5 Å². The second kappa shape index (κ2) is 18.6. The van der Waals surface area contributed by atoms with Crippen molar-refractivity contribution < 1.29 is 25.8 Å². The first-order valence-electron chi connectivity index (χ1n) is 22.8. The van der Waals surface area contributed by atoms with Crippen LogP contribution in [-0.2, 0) is 31.9 Å². The minimum absolute atomic E-state index is 0. The molecule has 0 spiro atoms. The molecule has 338 valence electrons. The van der Waals surface area contributed by atoms with Crippen molar-refractivity contribution in [1.82, 2.24) is 4.98 Å². The van der Waals surface area contributed by atoms with Gasteiger partial charge in [0.05, 0.1) is 0 Å². The number of fused-ring (bicyclic) bond motifs is 3. The normalized spacial score (nSPS) is 13.0. The molecule has 0 radical (unpaired) electrons. The van der Waals surface area contributed by atoms with E-state index in [0.29, 0.717) is 11.5 Å². The van der Waals surface area contributed by atoms with Crippen LogP contribution >= 0.6 is 0 Å². The van der Waals surface area contributed by atoms with E-state index in [1.165, 1.54) is 23.9 Å². The van der Waals surface area contributed by atoms with E-state index in [4.69, 9.17) is 9.72 Å². The maximum atomic E-state index is 6.74. The summed E-state index contributed by atoms with van der Waals surface area (Å²) in [6, 6.07) is 76.5. The second-order valence-electron chi connectivity index (χ2n) is 18.6. The largest absolute Gasteiger partial charge is 0.0579 e. The van der Waals surface area contributed by atoms with Crippen molar-refractivity contribution in [2.24, 2.45) is 0 Å². The summed E-state index contributed by atoms with van der Waals surface area (Å²) < 4.78 is 9.39. The molecule has 9 aromatic rings. The number of anilines is 7. The monoisotopic (exact) mass is 1180 g/mol. The van der Waals surface area contributed by atoms with Crippen LogP contribution < -0.4 is 26.7 Å². The molecule has 2 aliphatic rings. The predicted molar refractivity (Wildman–Crippen MR) is 278 cm³/mol. The fourth-order valence-corrected chi connectivity index (χ4v) is 12.1. The van der Waals surface area contributed by atoms with Crippen LogP contribution in [0.25, 0.3) is 22.3 Å². The van der Waals surface area contributed by atoms with Gasteiger partial charge in [0.25, 0.3) is 0 Å². The van der Waals surface area contributed by atoms with Crippen LogP contribution in [0.15, 0.2) is 200 Å². The van der Waals surface area contributed by atoms with Crippen molar-refractivity contribution in [3.05, 3.63) is 236 Å². The van der Waals surface area contributed by atoms with Gasteiger partial charge in [0.2, 0.25) is 0 Å². The Balaban J connectivity index is 0.00000539. The third-order valence-electron chi connectivity index (χ3n) is 12.9. The average Bonchev–Trinajstić information content (AvgIpc) is 3.75. The number of pyridine rings is 1. The SMILES string of the molecule is CC(C)(C)c1ccc(-c2cccc(-c3ccccc3)c2N2[CH-]N(c3[c-]c(Oc4[c-]c5c(cc4)[Te]c4ccccc4N5c4cc(C(C)(C)c5ccccc5)ccn4)ccc3)c3ccccc32)cc1.[Pt]. The molecule has 0 amide bonds. The van der Waals surface area contributed by atoms with E-state index in [-0.39, 0.29) is 31.9 Å². The molecule has 0 unspecified atom stereocenters. The van der Waals surface area contributed by atoms with Crippen LogP contribution in [0, 0.1) is 18.8 Å². The zero-order chi connectivity index (χ0) is 45.7. The zero-order valence-electron chi connectivity index (χ0n) is 38.6. The summed E-state index contributed by atoms with van der Waals surface area (Å²) in [7, 11) is 0. The third-order valence-corrected chi connectivity index (χ3v) is 16.1. The first-order valence-corrected chi connectivity index (χ1v) is 25.1. The van der Waals surface area contributed by atoms with E-state index >= 15 is 0 Å². The van der Waals surface area contributed by atoms with Gasteiger partial charge in [-0.3, -0.25) is 0 Å². The smallest absolute Gasteiger partial charge is 0 e. The molecule has 0 fully saturated rings. The van der Waals surface area contributed by atoms with Crippen molar-refractivity contribution in [2.75, 3.05) is 14.7 Å². The van der Waals surface area contributed by atoms with Crippen LogP contribution in [0.3, 0.4) is 0 Å². The average molecular weight is 1180 g/mol. The van der Waals surface area contributed by atoms with Gasteiger partial charge in [0.1, 0.15) is 0 Å². The molecule has 0 saturated heterocycles. The van der Waals surface area contributed by atoms with E-state index in [1.807, 2.05) is 24.4 Å². The van der Waals surface area contributed by atoms with Crippen LogP contribution in [0.2, 0.25) is 0 Å². The molecule has 1 aromatic heterocycles. The first-order chi connectivity index (χ1) is 32.6. The van der Waals surface area contributed by atoms with Gasteiger partial charge >= 0.3 is 275 Å². The molecular formula is C61H49N4OPtTe-3. The molecule has 2 aliphatic heterocycles. The summed E-state index contributed by atoms with van der Waals surface area (Å²) in [5.41, 5.74) is 14.4. The van der Waals surface area contributed by atoms with Gasteiger partial charge in [0, 0.05) is 32.2 Å². The summed E-state index contributed by atoms with van der Waals surface area (Å²) in [5.74, 6) is 2.08. The van der Waals surface area contributed by atoms with Crippen molar-refractivity contribution in [3.63, 3.8) is 0 Å². The number of aromatic nitrogens is 1. The molecule has 0 atom stereocenters. The van der Waals surface area contributed by atoms with E-state index < -0.39 is 20.9 Å². The zero-order valence-corrected chi connectivity index (χ0v) is 43.2. The van der Waals surface area contributed by atoms with Crippen molar-refractivity contribution >= 4 is 68.1 Å². The fraction of sp³-hybridized carbons (Fsp3) is 0.115. The molecule has 7 heteroatoms. The van der Waals surface area contributed by atoms with Crippen LogP contribution in [0.1, 0.15) is 51.3 Å². The Morgan fingerprint density at radius 3 is 1.85 bits per heavy atom. The van der Waals surface area contributed by atoms with Crippen molar-refractivity contribution in [1.29, 1.82) is 0 Å². The maximum absolute atomic E-state index is 6.74. The van der Waals surface area contributed by atoms with Gasteiger partial charge in [-0.15, -0.1) is 0 Å². The van der Waals surface area contributed by atoms with Crippen LogP contribution in [0.4, 0.5) is 39.9 Å². The number of benzene rings is 8. The van der Waals surface area contributed by atoms with E-state index in [2.05, 4.69) is 244 Å². The molecule has 0 N–H and O–H groups in total. The number of nitrogens with zero attached hydrogens (tertiary/aromatic N) is 4. The molecule has 0 bridgehead atoms. The van der Waals surface area contributed by atoms with Gasteiger partial charge in [-0.1, -0.05) is 99.6 Å². The third kappa shape index (κ3) is 8.56. The summed E-state index contributed by atoms with van der Waals surface area (Å²) in [5, 5.41) is 0. The Hall–Kier alpha value is -6.41. The Kier molecular flexibility index (Phi) is 12.4. The van der Waals surface area contributed by atoms with Gasteiger partial charge < -0.3 is 0 Å². The molecule has 68 heavy (non-hydrogen) atoms. The predicted octanol–water partition coefficient (Wildman–Crippen LogP) is 14.3. The van der Waals surface area contributed by atoms with Crippen molar-refractivity contribution in [2.45, 2.75) is 45.4 Å². The van der Waals surface area contributed by atoms with Gasteiger partial charge in [0.15, 0.2) is 0 Å². The Labute approximate surface area is 425 Å². The minimum atomic E-state index is -0.695. The van der Waals surface area contributed by atoms with Gasteiger partial charge in [-0.25, -0.2) is 0 Å². The number of rotatable bonds is 9. The van der Waals surface area contributed by atoms with Gasteiger partial charge in [-0.2, -0.15) is 0 Å². The number of hydrogen-bond donors (Lipinski definition) is 0. The second-order valence-corrected chi connectivity index (χ2v) is 21.7. The minimum Gasteiger partial charge on any atom is -0.0579 e. The fourth-order valence-electron chi connectivity index (χ4n) is 9.19. The summed E-state index contributed by atoms with van der Waals surface area (Å²) in [4.78, 5) is 11.8. The molecule has 3 heterocycles. The number of hydrogen-bond acceptors (Lipinski definition) is 5. The van der Waals surface area contributed by atoms with Crippen LogP contribution in [-0.4, -0.2) is 25.9 Å². The summed E-state index contributed by atoms with van der Waals surface area (Å²) >= 11 is -0.695. The summed E-state index contributed by atoms with van der Waals surface area (Å²) in [6.07, 6.45) is 1.93. The molecule has 0 saturated carbocycles. The topological polar surface area (TPSA) is 31.8 Å². The van der Waals surface area contributed by atoms with E-state index in [0.717, 1.165) is 62.2 Å². The number of ether oxygens (including phenoxy) is 1. The Morgan fingerprint density at radius 1 is 0.515 bits per heavy atom. The molecule has 11 rings (SSSR count).